The Balaban J connectivity index is 2.35. The monoisotopic (exact) mass is 320 g/mol. The summed E-state index contributed by atoms with van der Waals surface area (Å²) < 4.78 is 37.1. The van der Waals surface area contributed by atoms with E-state index in [4.69, 9.17) is 9.47 Å². The molecule has 2 aromatic carbocycles. The summed E-state index contributed by atoms with van der Waals surface area (Å²) in [5.74, 6) is -2.56. The van der Waals surface area contributed by atoms with Gasteiger partial charge in [0.05, 0.1) is 19.8 Å². The molecule has 2 rings (SSSR count). The number of methoxy groups -OCH3 is 2. The summed E-state index contributed by atoms with van der Waals surface area (Å²) in [7, 11) is 2.73. The van der Waals surface area contributed by atoms with Crippen LogP contribution in [0.3, 0.4) is 0 Å². The fraction of sp³-hybridized carbons (Fsp3) is 0.118. The van der Waals surface area contributed by atoms with E-state index in [0.717, 1.165) is 18.2 Å². The van der Waals surface area contributed by atoms with Crippen LogP contribution in [0, 0.1) is 11.6 Å². The molecule has 0 aliphatic rings. The second-order valence-electron chi connectivity index (χ2n) is 4.57. The normalized spacial score (nSPS) is 10.8. The number of aromatic hydroxyl groups is 1. The van der Waals surface area contributed by atoms with Crippen molar-refractivity contribution in [2.75, 3.05) is 14.2 Å². The Morgan fingerprint density at radius 2 is 1.61 bits per heavy atom. The van der Waals surface area contributed by atoms with Crippen LogP contribution in [0.4, 0.5) is 8.78 Å². The number of ether oxygens (including phenoxy) is 2. The van der Waals surface area contributed by atoms with Gasteiger partial charge in [0.15, 0.2) is 17.3 Å². The van der Waals surface area contributed by atoms with Crippen molar-refractivity contribution in [3.8, 4) is 17.2 Å². The maximum absolute atomic E-state index is 13.5. The highest BCUT2D eigenvalue weighted by Gasteiger charge is 2.15. The summed E-state index contributed by atoms with van der Waals surface area (Å²) in [5.41, 5.74) is -0.164. The van der Waals surface area contributed by atoms with Gasteiger partial charge in [0.1, 0.15) is 11.6 Å². The summed E-state index contributed by atoms with van der Waals surface area (Å²) in [4.78, 5) is 12.0. The van der Waals surface area contributed by atoms with Gasteiger partial charge in [-0.05, 0) is 35.9 Å². The van der Waals surface area contributed by atoms with Crippen molar-refractivity contribution < 1.29 is 28.2 Å². The van der Waals surface area contributed by atoms with Crippen LogP contribution in [-0.2, 0) is 0 Å². The predicted octanol–water partition coefficient (Wildman–Crippen LogP) is 3.58. The molecule has 4 nitrogen and oxygen atoms in total. The number of carbonyl (C=O) groups is 1. The van der Waals surface area contributed by atoms with Crippen LogP contribution < -0.4 is 9.47 Å². The van der Waals surface area contributed by atoms with Crippen molar-refractivity contribution in [1.82, 2.24) is 0 Å². The Kier molecular flexibility index (Phi) is 4.95. The largest absolute Gasteiger partial charge is 0.502 e. The third kappa shape index (κ3) is 3.48. The molecule has 0 spiro atoms. The van der Waals surface area contributed by atoms with E-state index in [1.807, 2.05) is 0 Å². The standard InChI is InChI=1S/C17H14F2O4/c1-22-14-8-10(9-15(23-2)17(14)21)6-7-13(20)16-11(18)4-3-5-12(16)19/h3-9,21H,1-2H3/b7-6+. The molecule has 6 heteroatoms. The van der Waals surface area contributed by atoms with Crippen LogP contribution in [0.2, 0.25) is 0 Å². The van der Waals surface area contributed by atoms with E-state index in [2.05, 4.69) is 0 Å². The number of halogens is 2. The van der Waals surface area contributed by atoms with E-state index in [1.165, 1.54) is 38.5 Å². The molecule has 23 heavy (non-hydrogen) atoms. The fourth-order valence-corrected chi connectivity index (χ4v) is 2.00. The smallest absolute Gasteiger partial charge is 0.200 e. The molecule has 0 atom stereocenters. The summed E-state index contributed by atoms with van der Waals surface area (Å²) >= 11 is 0. The van der Waals surface area contributed by atoms with Gasteiger partial charge in [-0.25, -0.2) is 8.78 Å². The van der Waals surface area contributed by atoms with Crippen molar-refractivity contribution in [2.24, 2.45) is 0 Å². The van der Waals surface area contributed by atoms with Gasteiger partial charge in [0.2, 0.25) is 5.75 Å². The quantitative estimate of drug-likeness (QED) is 0.676. The number of hydrogen-bond acceptors (Lipinski definition) is 4. The molecule has 0 unspecified atom stereocenters. The average Bonchev–Trinajstić information content (AvgIpc) is 2.53. The van der Waals surface area contributed by atoms with Crippen molar-refractivity contribution in [3.05, 3.63) is 59.2 Å². The van der Waals surface area contributed by atoms with Gasteiger partial charge in [0.25, 0.3) is 0 Å². The number of carbonyl (C=O) groups excluding carboxylic acids is 1. The molecule has 0 heterocycles. The highest BCUT2D eigenvalue weighted by atomic mass is 19.1. The van der Waals surface area contributed by atoms with E-state index in [-0.39, 0.29) is 17.2 Å². The predicted molar refractivity (Wildman–Crippen MR) is 80.9 cm³/mol. The molecule has 0 saturated heterocycles. The van der Waals surface area contributed by atoms with E-state index in [9.17, 15) is 18.7 Å². The molecule has 0 bridgehead atoms. The highest BCUT2D eigenvalue weighted by Crippen LogP contribution is 2.37. The van der Waals surface area contributed by atoms with Crippen molar-refractivity contribution in [1.29, 1.82) is 0 Å². The van der Waals surface area contributed by atoms with E-state index >= 15 is 0 Å². The van der Waals surface area contributed by atoms with E-state index in [0.29, 0.717) is 5.56 Å². The van der Waals surface area contributed by atoms with Crippen LogP contribution in [0.25, 0.3) is 6.08 Å². The van der Waals surface area contributed by atoms with Crippen LogP contribution in [0.5, 0.6) is 17.2 Å². The number of allylic oxidation sites excluding steroid dienone is 1. The molecule has 0 aliphatic carbocycles. The first kappa shape index (κ1) is 16.5. The van der Waals surface area contributed by atoms with Gasteiger partial charge in [-0.2, -0.15) is 0 Å². The molecule has 0 saturated carbocycles. The van der Waals surface area contributed by atoms with Crippen molar-refractivity contribution in [2.45, 2.75) is 0 Å². The minimum atomic E-state index is -0.930. The first-order valence-electron chi connectivity index (χ1n) is 6.59. The SMILES string of the molecule is COc1cc(/C=C/C(=O)c2c(F)cccc2F)cc(OC)c1O. The maximum atomic E-state index is 13.5. The topological polar surface area (TPSA) is 55.8 Å². The minimum absolute atomic E-state index is 0.147. The van der Waals surface area contributed by atoms with Gasteiger partial charge in [-0.3, -0.25) is 4.79 Å². The van der Waals surface area contributed by atoms with Gasteiger partial charge in [-0.1, -0.05) is 12.1 Å². The van der Waals surface area contributed by atoms with Crippen LogP contribution in [0.15, 0.2) is 36.4 Å². The number of phenols is 1. The molecule has 0 fully saturated rings. The molecule has 0 aliphatic heterocycles. The number of benzene rings is 2. The van der Waals surface area contributed by atoms with Crippen molar-refractivity contribution >= 4 is 11.9 Å². The van der Waals surface area contributed by atoms with E-state index in [1.54, 1.807) is 0 Å². The summed E-state index contributed by atoms with van der Waals surface area (Å²) in [5, 5.41) is 9.80. The Morgan fingerprint density at radius 3 is 2.09 bits per heavy atom. The number of phenolic OH excluding ortho intramolecular Hbond substituents is 1. The Morgan fingerprint density at radius 1 is 1.09 bits per heavy atom. The molecule has 1 N–H and O–H groups in total. The molecular weight excluding hydrogens is 306 g/mol. The molecule has 120 valence electrons. The average molecular weight is 320 g/mol. The molecule has 0 amide bonds. The first-order chi connectivity index (χ1) is 11.0. The molecule has 0 aromatic heterocycles. The van der Waals surface area contributed by atoms with Crippen LogP contribution in [-0.4, -0.2) is 25.1 Å². The Labute approximate surface area is 131 Å². The molecule has 2 aromatic rings. The summed E-state index contributed by atoms with van der Waals surface area (Å²) in [6, 6.07) is 6.12. The van der Waals surface area contributed by atoms with Gasteiger partial charge in [-0.15, -0.1) is 0 Å². The Hall–Kier alpha value is -2.89. The number of rotatable bonds is 5. The maximum Gasteiger partial charge on any atom is 0.200 e. The lowest BCUT2D eigenvalue weighted by Gasteiger charge is -2.09. The fourth-order valence-electron chi connectivity index (χ4n) is 2.00. The lowest BCUT2D eigenvalue weighted by molar-refractivity contribution is 0.104. The third-order valence-corrected chi connectivity index (χ3v) is 3.14. The third-order valence-electron chi connectivity index (χ3n) is 3.14. The molecule has 0 radical (unpaired) electrons. The zero-order chi connectivity index (χ0) is 17.0. The number of ketones is 1. The molecular formula is C17H14F2O4. The summed E-state index contributed by atoms with van der Waals surface area (Å²) in [6.07, 6.45) is 2.38. The minimum Gasteiger partial charge on any atom is -0.502 e. The number of hydrogen-bond donors (Lipinski definition) is 1. The van der Waals surface area contributed by atoms with Gasteiger partial charge in [0, 0.05) is 0 Å². The second kappa shape index (κ2) is 6.91. The second-order valence-corrected chi connectivity index (χ2v) is 4.57. The summed E-state index contributed by atoms with van der Waals surface area (Å²) in [6.45, 7) is 0. The zero-order valence-corrected chi connectivity index (χ0v) is 12.5. The lowest BCUT2D eigenvalue weighted by Crippen LogP contribution is -2.02. The van der Waals surface area contributed by atoms with Gasteiger partial charge < -0.3 is 14.6 Å². The van der Waals surface area contributed by atoms with Gasteiger partial charge >= 0.3 is 0 Å². The first-order valence-corrected chi connectivity index (χ1v) is 6.59. The highest BCUT2D eigenvalue weighted by molar-refractivity contribution is 6.07. The Bertz CT molecular complexity index is 724. The van der Waals surface area contributed by atoms with E-state index < -0.39 is 23.0 Å². The van der Waals surface area contributed by atoms with Crippen molar-refractivity contribution in [3.63, 3.8) is 0 Å². The van der Waals surface area contributed by atoms with Crippen LogP contribution >= 0.6 is 0 Å². The lowest BCUT2D eigenvalue weighted by atomic mass is 10.1. The zero-order valence-electron chi connectivity index (χ0n) is 12.5. The van der Waals surface area contributed by atoms with Crippen LogP contribution in [0.1, 0.15) is 15.9 Å².